The molecule has 2 atom stereocenters. The van der Waals surface area contributed by atoms with Crippen LogP contribution in [0, 0.1) is 20.8 Å². The lowest BCUT2D eigenvalue weighted by Crippen LogP contribution is -2.44. The van der Waals surface area contributed by atoms with E-state index in [1.165, 1.54) is 11.3 Å². The minimum atomic E-state index is -0.0998. The Bertz CT molecular complexity index is 1150. The van der Waals surface area contributed by atoms with E-state index in [-0.39, 0.29) is 24.5 Å². The number of aromatic nitrogens is 3. The van der Waals surface area contributed by atoms with Gasteiger partial charge in [0.2, 0.25) is 5.91 Å². The molecule has 0 aliphatic carbocycles. The zero-order valence-corrected chi connectivity index (χ0v) is 21.3. The minimum Gasteiger partial charge on any atom is -0.373 e. The van der Waals surface area contributed by atoms with Gasteiger partial charge in [-0.15, -0.1) is 11.3 Å². The Labute approximate surface area is 203 Å². The van der Waals surface area contributed by atoms with Gasteiger partial charge in [0.1, 0.15) is 0 Å². The molecule has 1 aliphatic rings. The molecule has 2 aromatic heterocycles. The molecule has 0 radical (unpaired) electrons. The summed E-state index contributed by atoms with van der Waals surface area (Å²) in [5.41, 5.74) is 5.54. The third kappa shape index (κ3) is 5.63. The van der Waals surface area contributed by atoms with E-state index < -0.39 is 0 Å². The molecular weight excluding hydrogens is 458 g/mol. The van der Waals surface area contributed by atoms with E-state index in [1.54, 1.807) is 0 Å². The van der Waals surface area contributed by atoms with Gasteiger partial charge in [0, 0.05) is 41.3 Å². The number of rotatable bonds is 6. The second-order valence-electron chi connectivity index (χ2n) is 8.82. The summed E-state index contributed by atoms with van der Waals surface area (Å²) in [5, 5.41) is 10.9. The molecule has 1 amide bonds. The third-order valence-corrected chi connectivity index (χ3v) is 7.07. The predicted octanol–water partition coefficient (Wildman–Crippen LogP) is 4.70. The molecule has 9 heteroatoms. The zero-order valence-electron chi connectivity index (χ0n) is 19.7. The summed E-state index contributed by atoms with van der Waals surface area (Å²) in [5.74, 6) is -0.0998. The molecule has 3 aromatic rings. The van der Waals surface area contributed by atoms with E-state index in [0.717, 1.165) is 53.5 Å². The Hall–Kier alpha value is -2.26. The maximum atomic E-state index is 12.8. The number of morpholine rings is 1. The van der Waals surface area contributed by atoms with Crippen molar-refractivity contribution in [2.75, 3.05) is 18.4 Å². The fourth-order valence-electron chi connectivity index (χ4n) is 4.30. The molecule has 7 nitrogen and oxygen atoms in total. The normalized spacial score (nSPS) is 19.1. The fraction of sp³-hybridized carbons (Fsp3) is 0.458. The molecule has 1 aliphatic heterocycles. The van der Waals surface area contributed by atoms with E-state index in [1.807, 2.05) is 49.0 Å². The van der Waals surface area contributed by atoms with Gasteiger partial charge in [0.15, 0.2) is 5.13 Å². The van der Waals surface area contributed by atoms with Gasteiger partial charge in [0.05, 0.1) is 35.7 Å². The van der Waals surface area contributed by atoms with Gasteiger partial charge >= 0.3 is 0 Å². The maximum absolute atomic E-state index is 12.8. The van der Waals surface area contributed by atoms with Crippen molar-refractivity contribution in [3.63, 3.8) is 0 Å². The average Bonchev–Trinajstić information content (AvgIpc) is 3.28. The lowest BCUT2D eigenvalue weighted by Gasteiger charge is -2.34. The van der Waals surface area contributed by atoms with Crippen LogP contribution in [0.1, 0.15) is 42.1 Å². The van der Waals surface area contributed by atoms with Gasteiger partial charge in [0.25, 0.3) is 0 Å². The zero-order chi connectivity index (χ0) is 23.7. The molecule has 0 saturated carbocycles. The summed E-state index contributed by atoms with van der Waals surface area (Å²) in [6.07, 6.45) is 0.676. The second kappa shape index (κ2) is 9.93. The van der Waals surface area contributed by atoms with Crippen LogP contribution in [0.5, 0.6) is 0 Å². The largest absolute Gasteiger partial charge is 0.373 e. The smallest absolute Gasteiger partial charge is 0.230 e. The molecule has 2 unspecified atom stereocenters. The number of nitrogens with one attached hydrogen (secondary N) is 1. The topological polar surface area (TPSA) is 72.3 Å². The minimum absolute atomic E-state index is 0.0998. The highest BCUT2D eigenvalue weighted by Crippen LogP contribution is 2.24. The van der Waals surface area contributed by atoms with Crippen molar-refractivity contribution >= 4 is 34.0 Å². The fourth-order valence-corrected chi connectivity index (χ4v) is 5.19. The van der Waals surface area contributed by atoms with Crippen LogP contribution in [0.2, 0.25) is 5.02 Å². The second-order valence-corrected chi connectivity index (χ2v) is 10.1. The van der Waals surface area contributed by atoms with E-state index >= 15 is 0 Å². The molecule has 176 valence electrons. The molecule has 1 saturated heterocycles. The quantitative estimate of drug-likeness (QED) is 0.545. The van der Waals surface area contributed by atoms with Gasteiger partial charge in [-0.1, -0.05) is 17.7 Å². The molecule has 33 heavy (non-hydrogen) atoms. The number of halogens is 1. The molecule has 1 N–H and O–H groups in total. The number of carbonyl (C=O) groups is 1. The predicted molar refractivity (Wildman–Crippen MR) is 133 cm³/mol. The standard InChI is InChI=1S/C24H30ClN5O2S/c1-14-6-7-20(8-22(14)25)30-18(5)21(17(4)28-30)9-23(31)27-24-26-19(13-33-24)12-29-10-15(2)32-16(3)11-29/h6-8,13,15-16H,9-12H2,1-5H3,(H,26,27,31). The van der Waals surface area contributed by atoms with Crippen LogP contribution in [-0.2, 0) is 22.5 Å². The van der Waals surface area contributed by atoms with Crippen molar-refractivity contribution in [1.29, 1.82) is 0 Å². The van der Waals surface area contributed by atoms with Crippen LogP contribution in [0.25, 0.3) is 5.69 Å². The third-order valence-electron chi connectivity index (χ3n) is 5.86. The first-order valence-corrected chi connectivity index (χ1v) is 12.4. The summed E-state index contributed by atoms with van der Waals surface area (Å²) >= 11 is 7.75. The van der Waals surface area contributed by atoms with Crippen LogP contribution in [0.4, 0.5) is 5.13 Å². The number of carbonyl (C=O) groups excluding carboxylic acids is 1. The van der Waals surface area contributed by atoms with Crippen LogP contribution >= 0.6 is 22.9 Å². The van der Waals surface area contributed by atoms with Crippen LogP contribution in [0.3, 0.4) is 0 Å². The summed E-state index contributed by atoms with van der Waals surface area (Å²) < 4.78 is 7.64. The highest BCUT2D eigenvalue weighted by atomic mass is 35.5. The number of aryl methyl sites for hydroxylation is 2. The Balaban J connectivity index is 1.40. The number of nitrogens with zero attached hydrogens (tertiary/aromatic N) is 4. The molecule has 4 rings (SSSR count). The van der Waals surface area contributed by atoms with Gasteiger partial charge in [-0.3, -0.25) is 9.69 Å². The first kappa shape index (κ1) is 23.9. The molecule has 1 fully saturated rings. The van der Waals surface area contributed by atoms with Crippen LogP contribution in [-0.4, -0.2) is 50.9 Å². The number of ether oxygens (including phenoxy) is 1. The Kier molecular flexibility index (Phi) is 7.19. The average molecular weight is 488 g/mol. The van der Waals surface area contributed by atoms with Crippen molar-refractivity contribution in [3.05, 3.63) is 56.8 Å². The highest BCUT2D eigenvalue weighted by molar-refractivity contribution is 7.13. The number of thiazole rings is 1. The monoisotopic (exact) mass is 487 g/mol. The number of anilines is 1. The highest BCUT2D eigenvalue weighted by Gasteiger charge is 2.23. The van der Waals surface area contributed by atoms with Crippen molar-refractivity contribution in [3.8, 4) is 5.69 Å². The lowest BCUT2D eigenvalue weighted by molar-refractivity contribution is -0.115. The van der Waals surface area contributed by atoms with Gasteiger partial charge in [-0.05, 0) is 52.3 Å². The molecule has 0 spiro atoms. The first-order chi connectivity index (χ1) is 15.7. The maximum Gasteiger partial charge on any atom is 0.230 e. The van der Waals surface area contributed by atoms with E-state index in [4.69, 9.17) is 16.3 Å². The summed E-state index contributed by atoms with van der Waals surface area (Å²) in [6.45, 7) is 12.6. The van der Waals surface area contributed by atoms with Crippen molar-refractivity contribution < 1.29 is 9.53 Å². The molecular formula is C24H30ClN5O2S. The van der Waals surface area contributed by atoms with Crippen molar-refractivity contribution in [2.24, 2.45) is 0 Å². The Morgan fingerprint density at radius 2 is 1.97 bits per heavy atom. The lowest BCUT2D eigenvalue weighted by atomic mass is 10.1. The van der Waals surface area contributed by atoms with Crippen LogP contribution < -0.4 is 5.32 Å². The summed E-state index contributed by atoms with van der Waals surface area (Å²) in [6, 6.07) is 5.85. The number of benzene rings is 1. The van der Waals surface area contributed by atoms with Gasteiger partial charge in [-0.2, -0.15) is 5.10 Å². The molecule has 0 bridgehead atoms. The van der Waals surface area contributed by atoms with E-state index in [2.05, 4.69) is 34.1 Å². The van der Waals surface area contributed by atoms with Crippen LogP contribution in [0.15, 0.2) is 23.6 Å². The van der Waals surface area contributed by atoms with Crippen molar-refractivity contribution in [2.45, 2.75) is 59.8 Å². The number of hydrogen-bond donors (Lipinski definition) is 1. The number of amides is 1. The van der Waals surface area contributed by atoms with E-state index in [0.29, 0.717) is 10.2 Å². The van der Waals surface area contributed by atoms with Gasteiger partial charge < -0.3 is 10.1 Å². The Morgan fingerprint density at radius 3 is 2.67 bits per heavy atom. The Morgan fingerprint density at radius 1 is 1.24 bits per heavy atom. The molecule has 1 aromatic carbocycles. The van der Waals surface area contributed by atoms with Crippen molar-refractivity contribution in [1.82, 2.24) is 19.7 Å². The van der Waals surface area contributed by atoms with E-state index in [9.17, 15) is 4.79 Å². The summed E-state index contributed by atoms with van der Waals surface area (Å²) in [7, 11) is 0. The molecule has 3 heterocycles. The van der Waals surface area contributed by atoms with Gasteiger partial charge in [-0.25, -0.2) is 9.67 Å². The number of hydrogen-bond acceptors (Lipinski definition) is 6. The first-order valence-electron chi connectivity index (χ1n) is 11.1. The summed E-state index contributed by atoms with van der Waals surface area (Å²) in [4.78, 5) is 19.8. The SMILES string of the molecule is Cc1ccc(-n2nc(C)c(CC(=O)Nc3nc(CN4CC(C)OC(C)C4)cs3)c2C)cc1Cl.